The van der Waals surface area contributed by atoms with Crippen molar-refractivity contribution in [2.75, 3.05) is 31.1 Å². The fraction of sp³-hybridized carbons (Fsp3) is 0.227. The lowest BCUT2D eigenvalue weighted by Crippen LogP contribution is -2.49. The van der Waals surface area contributed by atoms with Crippen LogP contribution in [0.25, 0.3) is 22.3 Å². The van der Waals surface area contributed by atoms with E-state index in [0.29, 0.717) is 37.7 Å². The molecular weight excluding hydrogens is 446 g/mol. The van der Waals surface area contributed by atoms with E-state index in [1.165, 1.54) is 4.31 Å². The number of aromatic amines is 1. The second-order valence-electron chi connectivity index (χ2n) is 7.57. The zero-order chi connectivity index (χ0) is 22.3. The maximum absolute atomic E-state index is 13.0. The molecule has 32 heavy (non-hydrogen) atoms. The molecule has 5 rings (SSSR count). The zero-order valence-electron chi connectivity index (χ0n) is 17.4. The molecule has 0 aliphatic carbocycles. The SMILES string of the molecule is Cc1[nH]c(=O)sc1S(=O)(=O)N1CCN(c2nc(-c3ccccc3)nc3ccccc23)CC1. The summed E-state index contributed by atoms with van der Waals surface area (Å²) in [4.78, 5) is 25.5. The highest BCUT2D eigenvalue weighted by molar-refractivity contribution is 7.91. The van der Waals surface area contributed by atoms with Crippen LogP contribution < -0.4 is 9.77 Å². The van der Waals surface area contributed by atoms with Crippen molar-refractivity contribution in [1.82, 2.24) is 19.3 Å². The molecule has 1 N–H and O–H groups in total. The van der Waals surface area contributed by atoms with Gasteiger partial charge in [0.15, 0.2) is 10.0 Å². The smallest absolute Gasteiger partial charge is 0.305 e. The first-order valence-electron chi connectivity index (χ1n) is 10.2. The van der Waals surface area contributed by atoms with Crippen molar-refractivity contribution in [3.63, 3.8) is 0 Å². The lowest BCUT2D eigenvalue weighted by molar-refractivity contribution is 0.385. The van der Waals surface area contributed by atoms with Gasteiger partial charge < -0.3 is 9.88 Å². The van der Waals surface area contributed by atoms with E-state index >= 15 is 0 Å². The van der Waals surface area contributed by atoms with E-state index in [4.69, 9.17) is 9.97 Å². The number of aryl methyl sites for hydroxylation is 1. The number of thiazole rings is 1. The molecule has 4 aromatic rings. The van der Waals surface area contributed by atoms with Crippen LogP contribution >= 0.6 is 11.3 Å². The summed E-state index contributed by atoms with van der Waals surface area (Å²) < 4.78 is 27.6. The second-order valence-corrected chi connectivity index (χ2v) is 10.7. The Morgan fingerprint density at radius 3 is 2.31 bits per heavy atom. The first-order valence-corrected chi connectivity index (χ1v) is 12.5. The number of hydrogen-bond acceptors (Lipinski definition) is 7. The van der Waals surface area contributed by atoms with E-state index in [2.05, 4.69) is 9.88 Å². The van der Waals surface area contributed by atoms with Crippen molar-refractivity contribution in [2.45, 2.75) is 11.1 Å². The molecule has 0 spiro atoms. The van der Waals surface area contributed by atoms with Gasteiger partial charge in [-0.1, -0.05) is 53.8 Å². The van der Waals surface area contributed by atoms with Gasteiger partial charge in [-0.25, -0.2) is 18.4 Å². The lowest BCUT2D eigenvalue weighted by atomic mass is 10.1. The molecule has 0 amide bonds. The number of anilines is 1. The van der Waals surface area contributed by atoms with E-state index in [0.717, 1.165) is 33.6 Å². The maximum Gasteiger partial charge on any atom is 0.305 e. The maximum atomic E-state index is 13.0. The molecule has 0 radical (unpaired) electrons. The quantitative estimate of drug-likeness (QED) is 0.496. The number of hydrogen-bond donors (Lipinski definition) is 1. The minimum atomic E-state index is -3.71. The number of piperazine rings is 1. The molecule has 0 bridgehead atoms. The van der Waals surface area contributed by atoms with Crippen LogP contribution in [0.2, 0.25) is 0 Å². The summed E-state index contributed by atoms with van der Waals surface area (Å²) in [7, 11) is -3.71. The second kappa shape index (κ2) is 8.12. The number of H-pyrrole nitrogens is 1. The summed E-state index contributed by atoms with van der Waals surface area (Å²) in [6.07, 6.45) is 0. The van der Waals surface area contributed by atoms with Crippen molar-refractivity contribution in [2.24, 2.45) is 0 Å². The van der Waals surface area contributed by atoms with Crippen LogP contribution in [0.4, 0.5) is 5.82 Å². The highest BCUT2D eigenvalue weighted by Gasteiger charge is 2.32. The van der Waals surface area contributed by atoms with E-state index < -0.39 is 10.0 Å². The Bertz CT molecular complexity index is 1440. The van der Waals surface area contributed by atoms with Gasteiger partial charge in [0.1, 0.15) is 5.82 Å². The van der Waals surface area contributed by atoms with Gasteiger partial charge in [-0.3, -0.25) is 4.79 Å². The minimum Gasteiger partial charge on any atom is -0.353 e. The molecule has 8 nitrogen and oxygen atoms in total. The number of fused-ring (bicyclic) bond motifs is 1. The minimum absolute atomic E-state index is 0.0924. The molecule has 0 saturated carbocycles. The fourth-order valence-electron chi connectivity index (χ4n) is 3.91. The zero-order valence-corrected chi connectivity index (χ0v) is 19.0. The lowest BCUT2D eigenvalue weighted by Gasteiger charge is -2.35. The fourth-order valence-corrected chi connectivity index (χ4v) is 6.77. The van der Waals surface area contributed by atoms with Gasteiger partial charge in [-0.05, 0) is 19.1 Å². The monoisotopic (exact) mass is 467 g/mol. The average molecular weight is 468 g/mol. The topological polar surface area (TPSA) is 99.3 Å². The average Bonchev–Trinajstić information content (AvgIpc) is 3.17. The van der Waals surface area contributed by atoms with E-state index in [1.54, 1.807) is 6.92 Å². The summed E-state index contributed by atoms with van der Waals surface area (Å²) >= 11 is 0.739. The predicted octanol–water partition coefficient (Wildman–Crippen LogP) is 2.87. The molecule has 0 atom stereocenters. The van der Waals surface area contributed by atoms with Crippen molar-refractivity contribution >= 4 is 38.1 Å². The van der Waals surface area contributed by atoms with Gasteiger partial charge >= 0.3 is 4.87 Å². The molecule has 3 heterocycles. The van der Waals surface area contributed by atoms with Crippen LogP contribution in [0.15, 0.2) is 63.6 Å². The van der Waals surface area contributed by atoms with Gasteiger partial charge in [0, 0.05) is 42.8 Å². The van der Waals surface area contributed by atoms with Crippen molar-refractivity contribution in [3.05, 3.63) is 70.0 Å². The molecular formula is C22H21N5O3S2. The van der Waals surface area contributed by atoms with Crippen molar-refractivity contribution in [3.8, 4) is 11.4 Å². The van der Waals surface area contributed by atoms with Gasteiger partial charge in [0.05, 0.1) is 5.52 Å². The van der Waals surface area contributed by atoms with E-state index in [-0.39, 0.29) is 9.08 Å². The van der Waals surface area contributed by atoms with Crippen LogP contribution in [0.3, 0.4) is 0 Å². The molecule has 164 valence electrons. The summed E-state index contributed by atoms with van der Waals surface area (Å²) in [6, 6.07) is 17.7. The number of aromatic nitrogens is 3. The molecule has 2 aromatic carbocycles. The Morgan fingerprint density at radius 1 is 0.938 bits per heavy atom. The van der Waals surface area contributed by atoms with Crippen LogP contribution in [0.1, 0.15) is 5.69 Å². The normalized spacial score (nSPS) is 15.3. The van der Waals surface area contributed by atoms with Gasteiger partial charge in [0.2, 0.25) is 0 Å². The molecule has 10 heteroatoms. The highest BCUT2D eigenvalue weighted by atomic mass is 32.2. The molecule has 1 aliphatic rings. The van der Waals surface area contributed by atoms with Crippen molar-refractivity contribution in [1.29, 1.82) is 0 Å². The Hall–Kier alpha value is -3.08. The third-order valence-electron chi connectivity index (χ3n) is 5.51. The Labute approximate surface area is 189 Å². The number of nitrogens with zero attached hydrogens (tertiary/aromatic N) is 4. The van der Waals surface area contributed by atoms with Crippen LogP contribution in [0, 0.1) is 6.92 Å². The predicted molar refractivity (Wildman–Crippen MR) is 126 cm³/mol. The largest absolute Gasteiger partial charge is 0.353 e. The van der Waals surface area contributed by atoms with Crippen LogP contribution in [0.5, 0.6) is 0 Å². The van der Waals surface area contributed by atoms with Gasteiger partial charge in [-0.15, -0.1) is 0 Å². The standard InChI is InChI=1S/C22H21N5O3S2/c1-15-21(31-22(28)23-15)32(29,30)27-13-11-26(12-14-27)20-17-9-5-6-10-18(17)24-19(25-20)16-7-3-2-4-8-16/h2-10H,11-14H2,1H3,(H,23,28). The third kappa shape index (κ3) is 3.70. The van der Waals surface area contributed by atoms with Crippen LogP contribution in [-0.4, -0.2) is 53.9 Å². The summed E-state index contributed by atoms with van der Waals surface area (Å²) in [6.45, 7) is 3.22. The number of benzene rings is 2. The molecule has 2 aromatic heterocycles. The molecule has 0 unspecified atom stereocenters. The summed E-state index contributed by atoms with van der Waals surface area (Å²) in [5, 5.41) is 0.934. The third-order valence-corrected chi connectivity index (χ3v) is 8.99. The first-order chi connectivity index (χ1) is 15.4. The molecule has 1 saturated heterocycles. The molecule has 1 fully saturated rings. The number of nitrogens with one attached hydrogen (secondary N) is 1. The summed E-state index contributed by atoms with van der Waals surface area (Å²) in [5.74, 6) is 1.44. The van der Waals surface area contributed by atoms with Crippen molar-refractivity contribution < 1.29 is 8.42 Å². The summed E-state index contributed by atoms with van der Waals surface area (Å²) in [5.41, 5.74) is 2.16. The first kappa shape index (κ1) is 20.8. The highest BCUT2D eigenvalue weighted by Crippen LogP contribution is 2.29. The Morgan fingerprint density at radius 2 is 1.62 bits per heavy atom. The number of sulfonamides is 1. The number of para-hydroxylation sites is 1. The van der Waals surface area contributed by atoms with E-state index in [9.17, 15) is 13.2 Å². The van der Waals surface area contributed by atoms with Crippen LogP contribution in [-0.2, 0) is 10.0 Å². The number of rotatable bonds is 4. The van der Waals surface area contributed by atoms with E-state index in [1.807, 2.05) is 54.6 Å². The van der Waals surface area contributed by atoms with Gasteiger partial charge in [0.25, 0.3) is 10.0 Å². The molecule has 1 aliphatic heterocycles. The Kier molecular flexibility index (Phi) is 5.28. The van der Waals surface area contributed by atoms with Gasteiger partial charge in [-0.2, -0.15) is 4.31 Å². The Balaban J connectivity index is 1.46.